The Hall–Kier alpha value is -1.90. The van der Waals surface area contributed by atoms with Gasteiger partial charge < -0.3 is 4.74 Å². The predicted molar refractivity (Wildman–Crippen MR) is 67.9 cm³/mol. The predicted octanol–water partition coefficient (Wildman–Crippen LogP) is 2.93. The molecule has 0 aliphatic heterocycles. The average Bonchev–Trinajstić information content (AvgIpc) is 2.38. The van der Waals surface area contributed by atoms with Crippen LogP contribution in [0.5, 0.6) is 0 Å². The van der Waals surface area contributed by atoms with E-state index in [1.54, 1.807) is 18.5 Å². The smallest absolute Gasteiger partial charge is 0.338 e. The lowest BCUT2D eigenvalue weighted by Crippen LogP contribution is -2.06. The Balaban J connectivity index is 3.02. The molecule has 17 heavy (non-hydrogen) atoms. The van der Waals surface area contributed by atoms with Crippen LogP contribution in [0, 0.1) is 0 Å². The van der Waals surface area contributed by atoms with E-state index < -0.39 is 0 Å². The Bertz CT molecular complexity index is 447. The topological polar surface area (TPSA) is 39.2 Å². The van der Waals surface area contributed by atoms with Gasteiger partial charge in [-0.2, -0.15) is 0 Å². The summed E-state index contributed by atoms with van der Waals surface area (Å²) >= 11 is 0. The van der Waals surface area contributed by atoms with Crippen molar-refractivity contribution in [1.29, 1.82) is 0 Å². The van der Waals surface area contributed by atoms with Gasteiger partial charge in [0.05, 0.1) is 12.7 Å². The lowest BCUT2D eigenvalue weighted by molar-refractivity contribution is 0.0599. The summed E-state index contributed by atoms with van der Waals surface area (Å²) in [6, 6.07) is 1.68. The summed E-state index contributed by atoms with van der Waals surface area (Å²) in [5.74, 6) is -0.321. The van der Waals surface area contributed by atoms with Gasteiger partial charge in [0.1, 0.15) is 0 Å². The molecule has 0 atom stereocenters. The van der Waals surface area contributed by atoms with Crippen molar-refractivity contribution in [2.24, 2.45) is 0 Å². The standard InChI is InChI=1S/C14H17NO2/c1-4-6-11(5-2)9-12-10-15-8-7-13(12)14(16)17-3/h4-8,10H,9H2,1-3H3/b6-4-,11-5+. The maximum absolute atomic E-state index is 11.6. The molecular weight excluding hydrogens is 214 g/mol. The first kappa shape index (κ1) is 13.2. The van der Waals surface area contributed by atoms with E-state index in [4.69, 9.17) is 4.74 Å². The zero-order valence-corrected chi connectivity index (χ0v) is 10.4. The Morgan fingerprint density at radius 1 is 1.47 bits per heavy atom. The highest BCUT2D eigenvalue weighted by Gasteiger charge is 2.11. The van der Waals surface area contributed by atoms with Gasteiger partial charge in [-0.25, -0.2) is 4.79 Å². The monoisotopic (exact) mass is 231 g/mol. The van der Waals surface area contributed by atoms with Crippen molar-refractivity contribution in [2.75, 3.05) is 7.11 Å². The maximum Gasteiger partial charge on any atom is 0.338 e. The van der Waals surface area contributed by atoms with E-state index in [1.165, 1.54) is 7.11 Å². The fraction of sp³-hybridized carbons (Fsp3) is 0.286. The van der Waals surface area contributed by atoms with Crippen molar-refractivity contribution in [3.8, 4) is 0 Å². The van der Waals surface area contributed by atoms with Crippen LogP contribution in [-0.4, -0.2) is 18.1 Å². The van der Waals surface area contributed by atoms with Crippen molar-refractivity contribution in [2.45, 2.75) is 20.3 Å². The largest absolute Gasteiger partial charge is 0.465 e. The zero-order valence-electron chi connectivity index (χ0n) is 10.4. The summed E-state index contributed by atoms with van der Waals surface area (Å²) in [4.78, 5) is 15.6. The quantitative estimate of drug-likeness (QED) is 0.590. The minimum atomic E-state index is -0.321. The molecule has 1 aromatic rings. The molecule has 0 fully saturated rings. The van der Waals surface area contributed by atoms with Crippen molar-refractivity contribution in [3.63, 3.8) is 0 Å². The maximum atomic E-state index is 11.6. The molecule has 3 nitrogen and oxygen atoms in total. The minimum Gasteiger partial charge on any atom is -0.465 e. The molecule has 0 spiro atoms. The van der Waals surface area contributed by atoms with E-state index in [-0.39, 0.29) is 5.97 Å². The van der Waals surface area contributed by atoms with Crippen LogP contribution in [0.25, 0.3) is 0 Å². The van der Waals surface area contributed by atoms with Crippen LogP contribution in [0.4, 0.5) is 0 Å². The van der Waals surface area contributed by atoms with Gasteiger partial charge in [-0.15, -0.1) is 0 Å². The number of esters is 1. The SMILES string of the molecule is C/C=C\C(=C/C)Cc1cnccc1C(=O)OC. The number of ether oxygens (including phenoxy) is 1. The number of pyridine rings is 1. The van der Waals surface area contributed by atoms with Crippen LogP contribution in [-0.2, 0) is 11.2 Å². The number of methoxy groups -OCH3 is 1. The third-order valence-corrected chi connectivity index (χ3v) is 2.46. The second kappa shape index (κ2) is 6.63. The lowest BCUT2D eigenvalue weighted by atomic mass is 10.0. The van der Waals surface area contributed by atoms with Crippen LogP contribution in [0.2, 0.25) is 0 Å². The second-order valence-corrected chi connectivity index (χ2v) is 3.56. The van der Waals surface area contributed by atoms with E-state index in [9.17, 15) is 4.79 Å². The Morgan fingerprint density at radius 3 is 2.82 bits per heavy atom. The molecule has 0 aliphatic rings. The van der Waals surface area contributed by atoms with Gasteiger partial charge in [-0.1, -0.05) is 18.2 Å². The third-order valence-electron chi connectivity index (χ3n) is 2.46. The zero-order chi connectivity index (χ0) is 12.7. The number of aromatic nitrogens is 1. The van der Waals surface area contributed by atoms with Gasteiger partial charge in [0.2, 0.25) is 0 Å². The highest BCUT2D eigenvalue weighted by molar-refractivity contribution is 5.90. The molecule has 0 saturated carbocycles. The minimum absolute atomic E-state index is 0.321. The summed E-state index contributed by atoms with van der Waals surface area (Å²) in [7, 11) is 1.38. The Kier molecular flexibility index (Phi) is 5.14. The Labute approximate surface area is 102 Å². The van der Waals surface area contributed by atoms with Crippen molar-refractivity contribution >= 4 is 5.97 Å². The molecule has 0 aromatic carbocycles. The molecule has 1 rings (SSSR count). The van der Waals surface area contributed by atoms with Gasteiger partial charge in [0.25, 0.3) is 0 Å². The van der Waals surface area contributed by atoms with E-state index in [2.05, 4.69) is 4.98 Å². The number of allylic oxidation sites excluding steroid dienone is 4. The molecule has 0 saturated heterocycles. The molecule has 90 valence electrons. The number of carbonyl (C=O) groups is 1. The summed E-state index contributed by atoms with van der Waals surface area (Å²) in [6.07, 6.45) is 10.0. The third kappa shape index (κ3) is 3.55. The molecule has 0 N–H and O–H groups in total. The van der Waals surface area contributed by atoms with Crippen LogP contribution in [0.1, 0.15) is 29.8 Å². The van der Waals surface area contributed by atoms with Crippen molar-refractivity contribution in [3.05, 3.63) is 53.4 Å². The first-order valence-corrected chi connectivity index (χ1v) is 5.52. The molecule has 0 radical (unpaired) electrons. The number of rotatable bonds is 4. The fourth-order valence-electron chi connectivity index (χ4n) is 1.57. The van der Waals surface area contributed by atoms with Crippen molar-refractivity contribution < 1.29 is 9.53 Å². The molecule has 1 aromatic heterocycles. The first-order chi connectivity index (χ1) is 8.22. The molecule has 0 aliphatic carbocycles. The van der Waals surface area contributed by atoms with Crippen LogP contribution >= 0.6 is 0 Å². The fourth-order valence-corrected chi connectivity index (χ4v) is 1.57. The summed E-state index contributed by atoms with van der Waals surface area (Å²) in [5, 5.41) is 0. The highest BCUT2D eigenvalue weighted by Crippen LogP contribution is 2.14. The van der Waals surface area contributed by atoms with Gasteiger partial charge >= 0.3 is 5.97 Å². The van der Waals surface area contributed by atoms with E-state index in [0.29, 0.717) is 12.0 Å². The van der Waals surface area contributed by atoms with Crippen LogP contribution in [0.3, 0.4) is 0 Å². The second-order valence-electron chi connectivity index (χ2n) is 3.56. The summed E-state index contributed by atoms with van der Waals surface area (Å²) < 4.78 is 4.75. The normalized spacial score (nSPS) is 11.8. The molecule has 1 heterocycles. The van der Waals surface area contributed by atoms with Gasteiger partial charge in [0, 0.05) is 12.4 Å². The van der Waals surface area contributed by atoms with Crippen LogP contribution < -0.4 is 0 Å². The van der Waals surface area contributed by atoms with Gasteiger partial charge in [-0.05, 0) is 37.5 Å². The molecular formula is C14H17NO2. The summed E-state index contributed by atoms with van der Waals surface area (Å²) in [5.41, 5.74) is 2.60. The number of carbonyl (C=O) groups excluding carboxylic acids is 1. The molecule has 0 unspecified atom stereocenters. The van der Waals surface area contributed by atoms with E-state index in [1.807, 2.05) is 32.1 Å². The van der Waals surface area contributed by atoms with E-state index >= 15 is 0 Å². The van der Waals surface area contributed by atoms with Gasteiger partial charge in [-0.3, -0.25) is 4.98 Å². The summed E-state index contributed by atoms with van der Waals surface area (Å²) in [6.45, 7) is 3.94. The molecule has 0 amide bonds. The average molecular weight is 231 g/mol. The molecule has 0 bridgehead atoms. The number of hydrogen-bond donors (Lipinski definition) is 0. The highest BCUT2D eigenvalue weighted by atomic mass is 16.5. The Morgan fingerprint density at radius 2 is 2.24 bits per heavy atom. The van der Waals surface area contributed by atoms with Crippen LogP contribution in [0.15, 0.2) is 42.3 Å². The van der Waals surface area contributed by atoms with E-state index in [0.717, 1.165) is 11.1 Å². The number of hydrogen-bond acceptors (Lipinski definition) is 3. The first-order valence-electron chi connectivity index (χ1n) is 5.52. The lowest BCUT2D eigenvalue weighted by Gasteiger charge is -2.07. The van der Waals surface area contributed by atoms with Crippen molar-refractivity contribution in [1.82, 2.24) is 4.98 Å². The van der Waals surface area contributed by atoms with Gasteiger partial charge in [0.15, 0.2) is 0 Å². The molecule has 3 heteroatoms. The number of nitrogens with zero attached hydrogens (tertiary/aromatic N) is 1.